The topological polar surface area (TPSA) is 46.5 Å². The average molecular weight is 270 g/mol. The lowest BCUT2D eigenvalue weighted by Gasteiger charge is -2.02. The molecule has 0 saturated carbocycles. The van der Waals surface area contributed by atoms with Gasteiger partial charge in [-0.3, -0.25) is 4.79 Å². The molecule has 0 spiro atoms. The molecule has 0 aliphatic carbocycles. The van der Waals surface area contributed by atoms with Gasteiger partial charge in [-0.15, -0.1) is 0 Å². The molecule has 3 nitrogen and oxygen atoms in total. The summed E-state index contributed by atoms with van der Waals surface area (Å²) < 4.78 is 4.60. The average Bonchev–Trinajstić information content (AvgIpc) is 2.42. The molecule has 0 aliphatic rings. The number of hydrogen-bond donors (Lipinski definition) is 1. The number of aliphatic hydroxyl groups excluding tert-OH is 1. The molecule has 0 aromatic carbocycles. The van der Waals surface area contributed by atoms with Crippen LogP contribution in [0.5, 0.6) is 0 Å². The van der Waals surface area contributed by atoms with Crippen molar-refractivity contribution < 1.29 is 14.6 Å². The normalized spacial score (nSPS) is 11.6. The number of esters is 1. The lowest BCUT2D eigenvalue weighted by molar-refractivity contribution is -0.140. The maximum absolute atomic E-state index is 10.9. The Balaban J connectivity index is 3.37. The quantitative estimate of drug-likeness (QED) is 0.331. The number of ether oxygens (including phenoxy) is 1. The summed E-state index contributed by atoms with van der Waals surface area (Å²) in [6, 6.07) is 0. The van der Waals surface area contributed by atoms with E-state index in [4.69, 9.17) is 5.11 Å². The monoisotopic (exact) mass is 270 g/mol. The van der Waals surface area contributed by atoms with Crippen molar-refractivity contribution in [2.45, 2.75) is 71.1 Å². The fourth-order valence-corrected chi connectivity index (χ4v) is 2.01. The van der Waals surface area contributed by atoms with Crippen LogP contribution in [-0.4, -0.2) is 24.8 Å². The molecular weight excluding hydrogens is 240 g/mol. The van der Waals surface area contributed by atoms with Crippen LogP contribution in [0.2, 0.25) is 0 Å². The van der Waals surface area contributed by atoms with E-state index in [1.807, 2.05) is 0 Å². The van der Waals surface area contributed by atoms with Crippen LogP contribution in [0.3, 0.4) is 0 Å². The van der Waals surface area contributed by atoms with Crippen LogP contribution in [0, 0.1) is 0 Å². The Labute approximate surface area is 118 Å². The molecular formula is C16H30O3. The third-order valence-corrected chi connectivity index (χ3v) is 3.28. The third kappa shape index (κ3) is 13.4. The van der Waals surface area contributed by atoms with Crippen LogP contribution in [0.15, 0.2) is 11.6 Å². The van der Waals surface area contributed by atoms with E-state index in [0.717, 1.165) is 32.1 Å². The molecule has 0 fully saturated rings. The summed E-state index contributed by atoms with van der Waals surface area (Å²) in [4.78, 5) is 10.9. The summed E-state index contributed by atoms with van der Waals surface area (Å²) in [5, 5.41) is 8.66. The highest BCUT2D eigenvalue weighted by molar-refractivity contribution is 5.68. The first-order valence-corrected chi connectivity index (χ1v) is 7.54. The maximum atomic E-state index is 10.9. The standard InChI is InChI=1S/C16H30O3/c1-15(11-7-4-3-5-10-14-17)12-8-6-9-13-16(18)19-2/h12,17H,3-11,13-14H2,1-2H3/b15-12+. The van der Waals surface area contributed by atoms with Gasteiger partial charge in [-0.25, -0.2) is 0 Å². The minimum Gasteiger partial charge on any atom is -0.469 e. The van der Waals surface area contributed by atoms with E-state index in [1.54, 1.807) is 0 Å². The molecule has 0 unspecified atom stereocenters. The fourth-order valence-electron chi connectivity index (χ4n) is 2.01. The third-order valence-electron chi connectivity index (χ3n) is 3.28. The minimum absolute atomic E-state index is 0.108. The number of unbranched alkanes of at least 4 members (excludes halogenated alkanes) is 6. The predicted molar refractivity (Wildman–Crippen MR) is 79.0 cm³/mol. The molecule has 0 aromatic rings. The van der Waals surface area contributed by atoms with Gasteiger partial charge in [0.2, 0.25) is 0 Å². The summed E-state index contributed by atoms with van der Waals surface area (Å²) in [6.07, 6.45) is 12.9. The highest BCUT2D eigenvalue weighted by Crippen LogP contribution is 2.12. The smallest absolute Gasteiger partial charge is 0.305 e. The number of allylic oxidation sites excluding steroid dienone is 2. The Hall–Kier alpha value is -0.830. The molecule has 0 atom stereocenters. The molecule has 0 aliphatic heterocycles. The van der Waals surface area contributed by atoms with Crippen molar-refractivity contribution in [2.75, 3.05) is 13.7 Å². The van der Waals surface area contributed by atoms with Crippen molar-refractivity contribution in [2.24, 2.45) is 0 Å². The zero-order valence-corrected chi connectivity index (χ0v) is 12.6. The fraction of sp³-hybridized carbons (Fsp3) is 0.812. The van der Waals surface area contributed by atoms with Crippen molar-refractivity contribution in [3.8, 4) is 0 Å². The van der Waals surface area contributed by atoms with Gasteiger partial charge in [0, 0.05) is 13.0 Å². The van der Waals surface area contributed by atoms with Crippen LogP contribution < -0.4 is 0 Å². The van der Waals surface area contributed by atoms with Gasteiger partial charge in [0.05, 0.1) is 7.11 Å². The summed E-state index contributed by atoms with van der Waals surface area (Å²) in [5.41, 5.74) is 1.46. The molecule has 0 heterocycles. The van der Waals surface area contributed by atoms with E-state index in [-0.39, 0.29) is 5.97 Å². The Morgan fingerprint density at radius 3 is 2.32 bits per heavy atom. The second kappa shape index (κ2) is 13.6. The SMILES string of the molecule is COC(=O)CCCC/C=C(\C)CCCCCCCO. The summed E-state index contributed by atoms with van der Waals surface area (Å²) in [7, 11) is 1.44. The summed E-state index contributed by atoms with van der Waals surface area (Å²) >= 11 is 0. The van der Waals surface area contributed by atoms with Crippen LogP contribution in [-0.2, 0) is 9.53 Å². The molecule has 19 heavy (non-hydrogen) atoms. The zero-order chi connectivity index (χ0) is 14.3. The van der Waals surface area contributed by atoms with Crippen LogP contribution in [0.4, 0.5) is 0 Å². The van der Waals surface area contributed by atoms with Crippen molar-refractivity contribution in [3.63, 3.8) is 0 Å². The van der Waals surface area contributed by atoms with E-state index >= 15 is 0 Å². The number of hydrogen-bond acceptors (Lipinski definition) is 3. The maximum Gasteiger partial charge on any atom is 0.305 e. The highest BCUT2D eigenvalue weighted by atomic mass is 16.5. The second-order valence-corrected chi connectivity index (χ2v) is 5.11. The first kappa shape index (κ1) is 18.2. The Morgan fingerprint density at radius 1 is 1.00 bits per heavy atom. The van der Waals surface area contributed by atoms with E-state index in [2.05, 4.69) is 17.7 Å². The molecule has 1 N–H and O–H groups in total. The molecule has 0 bridgehead atoms. The van der Waals surface area contributed by atoms with E-state index in [0.29, 0.717) is 13.0 Å². The number of rotatable bonds is 12. The van der Waals surface area contributed by atoms with Gasteiger partial charge in [-0.05, 0) is 45.4 Å². The molecule has 0 amide bonds. The van der Waals surface area contributed by atoms with Crippen LogP contribution in [0.25, 0.3) is 0 Å². The summed E-state index contributed by atoms with van der Waals surface area (Å²) in [6.45, 7) is 2.51. The molecule has 112 valence electrons. The zero-order valence-electron chi connectivity index (χ0n) is 12.6. The highest BCUT2D eigenvalue weighted by Gasteiger charge is 1.98. The van der Waals surface area contributed by atoms with E-state index in [1.165, 1.54) is 38.4 Å². The van der Waals surface area contributed by atoms with Gasteiger partial charge < -0.3 is 9.84 Å². The van der Waals surface area contributed by atoms with Gasteiger partial charge in [0.1, 0.15) is 0 Å². The molecule has 3 heteroatoms. The Bertz CT molecular complexity index is 246. The van der Waals surface area contributed by atoms with E-state index in [9.17, 15) is 4.79 Å². The van der Waals surface area contributed by atoms with E-state index < -0.39 is 0 Å². The van der Waals surface area contributed by atoms with Gasteiger partial charge in [0.15, 0.2) is 0 Å². The van der Waals surface area contributed by atoms with Gasteiger partial charge in [-0.2, -0.15) is 0 Å². The number of carbonyl (C=O) groups excluding carboxylic acids is 1. The van der Waals surface area contributed by atoms with Crippen molar-refractivity contribution in [1.82, 2.24) is 0 Å². The van der Waals surface area contributed by atoms with Gasteiger partial charge >= 0.3 is 5.97 Å². The van der Waals surface area contributed by atoms with Crippen molar-refractivity contribution in [3.05, 3.63) is 11.6 Å². The lowest BCUT2D eigenvalue weighted by atomic mass is 10.0. The first-order valence-electron chi connectivity index (χ1n) is 7.54. The number of aliphatic hydroxyl groups is 1. The largest absolute Gasteiger partial charge is 0.469 e. The second-order valence-electron chi connectivity index (χ2n) is 5.11. The minimum atomic E-state index is -0.108. The van der Waals surface area contributed by atoms with Crippen LogP contribution in [0.1, 0.15) is 71.1 Å². The Morgan fingerprint density at radius 2 is 1.63 bits per heavy atom. The number of methoxy groups -OCH3 is 1. The Kier molecular flexibility index (Phi) is 13.0. The molecule has 0 saturated heterocycles. The van der Waals surface area contributed by atoms with Crippen molar-refractivity contribution in [1.29, 1.82) is 0 Å². The van der Waals surface area contributed by atoms with Crippen LogP contribution >= 0.6 is 0 Å². The molecule has 0 radical (unpaired) electrons. The van der Waals surface area contributed by atoms with Gasteiger partial charge in [0.25, 0.3) is 0 Å². The van der Waals surface area contributed by atoms with Crippen molar-refractivity contribution >= 4 is 5.97 Å². The predicted octanol–water partition coefficient (Wildman–Crippen LogP) is 4.00. The first-order chi connectivity index (χ1) is 9.20. The van der Waals surface area contributed by atoms with Gasteiger partial charge in [-0.1, -0.05) is 30.9 Å². The molecule has 0 aromatic heterocycles. The lowest BCUT2D eigenvalue weighted by Crippen LogP contribution is -1.98. The summed E-state index contributed by atoms with van der Waals surface area (Å²) in [5.74, 6) is -0.108. The number of carbonyl (C=O) groups is 1. The molecule has 0 rings (SSSR count).